The minimum Gasteiger partial charge on any atom is -0.481 e. The lowest BCUT2D eigenvalue weighted by Gasteiger charge is -2.21. The molecule has 0 aliphatic heterocycles. The lowest BCUT2D eigenvalue weighted by molar-refractivity contribution is -0.137. The summed E-state index contributed by atoms with van der Waals surface area (Å²) in [6, 6.07) is 5.26. The topological polar surface area (TPSA) is 69.6 Å². The molecule has 1 unspecified atom stereocenters. The lowest BCUT2D eigenvalue weighted by atomic mass is 10.1. The van der Waals surface area contributed by atoms with Gasteiger partial charge in [0.1, 0.15) is 5.82 Å². The number of anilines is 1. The predicted octanol–water partition coefficient (Wildman–Crippen LogP) is 2.61. The van der Waals surface area contributed by atoms with E-state index in [0.717, 1.165) is 0 Å². The van der Waals surface area contributed by atoms with E-state index in [2.05, 4.69) is 5.32 Å². The Labute approximate surface area is 117 Å². The number of carbonyl (C=O) groups is 2. The van der Waals surface area contributed by atoms with Crippen LogP contribution in [0.4, 0.5) is 14.9 Å². The third-order valence-electron chi connectivity index (χ3n) is 2.90. The zero-order valence-corrected chi connectivity index (χ0v) is 11.6. The number of benzene rings is 1. The first-order valence-electron chi connectivity index (χ1n) is 6.41. The van der Waals surface area contributed by atoms with Crippen molar-refractivity contribution in [2.45, 2.75) is 32.2 Å². The molecule has 0 fully saturated rings. The molecule has 1 atom stereocenters. The molecule has 0 aliphatic rings. The van der Waals surface area contributed by atoms with Gasteiger partial charge in [0.05, 0.1) is 0 Å². The Kier molecular flexibility index (Phi) is 5.96. The number of halogens is 1. The van der Waals surface area contributed by atoms with Gasteiger partial charge in [0.15, 0.2) is 0 Å². The van der Waals surface area contributed by atoms with Crippen molar-refractivity contribution in [2.75, 3.05) is 11.9 Å². The first kappa shape index (κ1) is 15.9. The van der Waals surface area contributed by atoms with Crippen LogP contribution in [0.15, 0.2) is 24.3 Å². The van der Waals surface area contributed by atoms with Crippen LogP contribution in [0.2, 0.25) is 0 Å². The van der Waals surface area contributed by atoms with Gasteiger partial charge in [0.2, 0.25) is 0 Å². The van der Waals surface area contributed by atoms with Crippen molar-refractivity contribution < 1.29 is 19.1 Å². The molecule has 0 spiro atoms. The van der Waals surface area contributed by atoms with Crippen molar-refractivity contribution in [3.05, 3.63) is 30.1 Å². The molecule has 20 heavy (non-hydrogen) atoms. The van der Waals surface area contributed by atoms with E-state index in [1.807, 2.05) is 0 Å². The van der Waals surface area contributed by atoms with Gasteiger partial charge >= 0.3 is 12.0 Å². The van der Waals surface area contributed by atoms with Gasteiger partial charge in [-0.25, -0.2) is 9.18 Å². The van der Waals surface area contributed by atoms with Crippen LogP contribution in [0, 0.1) is 5.82 Å². The Bertz CT molecular complexity index is 479. The summed E-state index contributed by atoms with van der Waals surface area (Å²) in [6.45, 7) is 1.80. The fourth-order valence-corrected chi connectivity index (χ4v) is 1.74. The van der Waals surface area contributed by atoms with Gasteiger partial charge in [-0.05, 0) is 38.0 Å². The monoisotopic (exact) mass is 282 g/mol. The maximum absolute atomic E-state index is 13.1. The molecule has 1 aromatic carbocycles. The minimum absolute atomic E-state index is 0.0833. The molecule has 110 valence electrons. The average Bonchev–Trinajstić information content (AvgIpc) is 2.37. The third-order valence-corrected chi connectivity index (χ3v) is 2.90. The van der Waals surface area contributed by atoms with E-state index in [1.54, 1.807) is 20.0 Å². The molecule has 2 amide bonds. The summed E-state index contributed by atoms with van der Waals surface area (Å²) >= 11 is 0. The zero-order valence-electron chi connectivity index (χ0n) is 11.6. The van der Waals surface area contributed by atoms with Gasteiger partial charge in [-0.1, -0.05) is 6.07 Å². The van der Waals surface area contributed by atoms with Crippen molar-refractivity contribution in [3.8, 4) is 0 Å². The van der Waals surface area contributed by atoms with Crippen molar-refractivity contribution in [1.82, 2.24) is 5.32 Å². The lowest BCUT2D eigenvalue weighted by Crippen LogP contribution is -2.42. The van der Waals surface area contributed by atoms with Crippen LogP contribution >= 0.6 is 0 Å². The highest BCUT2D eigenvalue weighted by Crippen LogP contribution is 2.14. The van der Waals surface area contributed by atoms with Crippen LogP contribution in [-0.4, -0.2) is 30.2 Å². The number of carboxylic acids is 1. The number of aliphatic carboxylic acids is 1. The molecular formula is C14H19FN2O3. The van der Waals surface area contributed by atoms with Crippen molar-refractivity contribution in [2.24, 2.45) is 0 Å². The summed E-state index contributed by atoms with van der Waals surface area (Å²) in [7, 11) is 1.55. The second-order valence-corrected chi connectivity index (χ2v) is 4.68. The molecule has 0 aromatic heterocycles. The second kappa shape index (κ2) is 7.47. The normalized spacial score (nSPS) is 11.8. The Balaban J connectivity index is 2.47. The summed E-state index contributed by atoms with van der Waals surface area (Å²) < 4.78 is 13.1. The minimum atomic E-state index is -0.847. The molecule has 0 saturated heterocycles. The number of urea groups is 1. The van der Waals surface area contributed by atoms with Gasteiger partial charge in [-0.15, -0.1) is 0 Å². The molecule has 5 nitrogen and oxygen atoms in total. The van der Waals surface area contributed by atoms with Gasteiger partial charge in [0.25, 0.3) is 0 Å². The van der Waals surface area contributed by atoms with Gasteiger partial charge in [-0.3, -0.25) is 9.69 Å². The van der Waals surface area contributed by atoms with Crippen LogP contribution in [0.5, 0.6) is 0 Å². The number of hydrogen-bond acceptors (Lipinski definition) is 2. The van der Waals surface area contributed by atoms with Crippen LogP contribution < -0.4 is 10.2 Å². The van der Waals surface area contributed by atoms with E-state index >= 15 is 0 Å². The van der Waals surface area contributed by atoms with Gasteiger partial charge in [-0.2, -0.15) is 0 Å². The largest absolute Gasteiger partial charge is 0.481 e. The summed E-state index contributed by atoms with van der Waals surface area (Å²) in [6.07, 6.45) is 1.16. The second-order valence-electron chi connectivity index (χ2n) is 4.68. The quantitative estimate of drug-likeness (QED) is 0.842. The smallest absolute Gasteiger partial charge is 0.321 e. The Hall–Kier alpha value is -2.11. The molecule has 1 rings (SSSR count). The van der Waals surface area contributed by atoms with Gasteiger partial charge in [0, 0.05) is 25.2 Å². The molecule has 1 aromatic rings. The van der Waals surface area contributed by atoms with E-state index in [4.69, 9.17) is 5.11 Å². The third kappa shape index (κ3) is 5.26. The molecular weight excluding hydrogens is 263 g/mol. The van der Waals surface area contributed by atoms with Crippen molar-refractivity contribution in [3.63, 3.8) is 0 Å². The molecule has 0 saturated carbocycles. The molecule has 0 heterocycles. The molecule has 0 bridgehead atoms. The van der Waals surface area contributed by atoms with E-state index in [0.29, 0.717) is 18.5 Å². The van der Waals surface area contributed by atoms with Crippen molar-refractivity contribution in [1.29, 1.82) is 0 Å². The maximum atomic E-state index is 13.1. The fraction of sp³-hybridized carbons (Fsp3) is 0.429. The Morgan fingerprint density at radius 3 is 2.75 bits per heavy atom. The molecule has 6 heteroatoms. The van der Waals surface area contributed by atoms with Crippen LogP contribution in [0.25, 0.3) is 0 Å². The number of rotatable bonds is 6. The fourth-order valence-electron chi connectivity index (χ4n) is 1.74. The van der Waals surface area contributed by atoms with Gasteiger partial charge < -0.3 is 10.4 Å². The van der Waals surface area contributed by atoms with E-state index < -0.39 is 11.8 Å². The number of carbonyl (C=O) groups excluding carboxylic acids is 1. The first-order valence-corrected chi connectivity index (χ1v) is 6.41. The highest BCUT2D eigenvalue weighted by Gasteiger charge is 2.14. The summed E-state index contributed by atoms with van der Waals surface area (Å²) in [4.78, 5) is 23.7. The van der Waals surface area contributed by atoms with Crippen LogP contribution in [0.3, 0.4) is 0 Å². The predicted molar refractivity (Wildman–Crippen MR) is 74.3 cm³/mol. The standard InChI is InChI=1S/C14H19FN2O3/c1-10(5-3-8-13(18)19)16-14(20)17(2)12-7-4-6-11(15)9-12/h4,6-7,9-10H,3,5,8H2,1-2H3,(H,16,20)(H,18,19). The average molecular weight is 282 g/mol. The SMILES string of the molecule is CC(CCCC(=O)O)NC(=O)N(C)c1cccc(F)c1. The molecule has 0 aliphatic carbocycles. The number of hydrogen-bond donors (Lipinski definition) is 2. The Morgan fingerprint density at radius 2 is 2.15 bits per heavy atom. The van der Waals surface area contributed by atoms with Crippen LogP contribution in [0.1, 0.15) is 26.2 Å². The summed E-state index contributed by atoms with van der Waals surface area (Å²) in [5.74, 6) is -1.25. The zero-order chi connectivity index (χ0) is 15.1. The van der Waals surface area contributed by atoms with Crippen LogP contribution in [-0.2, 0) is 4.79 Å². The van der Waals surface area contributed by atoms with E-state index in [1.165, 1.54) is 23.1 Å². The molecule has 0 radical (unpaired) electrons. The molecule has 2 N–H and O–H groups in total. The number of nitrogens with zero attached hydrogens (tertiary/aromatic N) is 1. The first-order chi connectivity index (χ1) is 9.40. The number of nitrogens with one attached hydrogen (secondary N) is 1. The van der Waals surface area contributed by atoms with E-state index in [-0.39, 0.29) is 18.5 Å². The van der Waals surface area contributed by atoms with E-state index in [9.17, 15) is 14.0 Å². The van der Waals surface area contributed by atoms with Crippen molar-refractivity contribution >= 4 is 17.7 Å². The number of amides is 2. The maximum Gasteiger partial charge on any atom is 0.321 e. The summed E-state index contributed by atoms with van der Waals surface area (Å²) in [5.41, 5.74) is 0.459. The number of carboxylic acid groups (broad SMARTS) is 1. The highest BCUT2D eigenvalue weighted by molar-refractivity contribution is 5.91. The summed E-state index contributed by atoms with van der Waals surface area (Å²) in [5, 5.41) is 11.3. The highest BCUT2D eigenvalue weighted by atomic mass is 19.1. The Morgan fingerprint density at radius 1 is 1.45 bits per heavy atom.